The van der Waals surface area contributed by atoms with E-state index >= 15 is 0 Å². The quantitative estimate of drug-likeness (QED) is 0.778. The summed E-state index contributed by atoms with van der Waals surface area (Å²) in [6.07, 6.45) is 0.458. The molecule has 0 aliphatic carbocycles. The Hall–Kier alpha value is -2.93. The molecule has 0 aromatic heterocycles. The Morgan fingerprint density at radius 1 is 1.10 bits per heavy atom. The minimum absolute atomic E-state index is 0.0542. The van der Waals surface area contributed by atoms with Crippen molar-refractivity contribution >= 4 is 23.2 Å². The summed E-state index contributed by atoms with van der Waals surface area (Å²) >= 11 is 0. The number of nitrogens with zero attached hydrogens (tertiary/aromatic N) is 2. The van der Waals surface area contributed by atoms with Crippen LogP contribution in [-0.4, -0.2) is 56.6 Å². The largest absolute Gasteiger partial charge is 0.378 e. The van der Waals surface area contributed by atoms with E-state index in [1.54, 1.807) is 25.2 Å². The number of hydrogen-bond acceptors (Lipinski definition) is 4. The highest BCUT2D eigenvalue weighted by Crippen LogP contribution is 2.19. The summed E-state index contributed by atoms with van der Waals surface area (Å²) in [6.45, 7) is 3.09. The summed E-state index contributed by atoms with van der Waals surface area (Å²) < 4.78 is 19.0. The van der Waals surface area contributed by atoms with Crippen molar-refractivity contribution in [1.29, 1.82) is 0 Å². The lowest BCUT2D eigenvalue weighted by molar-refractivity contribution is -0.133. The maximum absolute atomic E-state index is 13.6. The van der Waals surface area contributed by atoms with Gasteiger partial charge in [0.05, 0.1) is 19.8 Å². The van der Waals surface area contributed by atoms with Crippen LogP contribution in [0, 0.1) is 5.82 Å². The molecule has 0 atom stereocenters. The molecule has 6 nitrogen and oxygen atoms in total. The molecule has 2 aromatic rings. The first-order valence-electron chi connectivity index (χ1n) is 9.73. The molecule has 0 unspecified atom stereocenters. The van der Waals surface area contributed by atoms with Crippen LogP contribution in [-0.2, 0) is 20.7 Å². The molecule has 1 N–H and O–H groups in total. The van der Waals surface area contributed by atoms with E-state index in [2.05, 4.69) is 10.2 Å². The van der Waals surface area contributed by atoms with Crippen LogP contribution in [0.2, 0.25) is 0 Å². The third kappa shape index (κ3) is 6.02. The van der Waals surface area contributed by atoms with Gasteiger partial charge in [0, 0.05) is 37.9 Å². The van der Waals surface area contributed by atoms with Gasteiger partial charge in [-0.25, -0.2) is 4.39 Å². The van der Waals surface area contributed by atoms with E-state index in [0.29, 0.717) is 17.7 Å². The van der Waals surface area contributed by atoms with Gasteiger partial charge in [0.1, 0.15) is 5.82 Å². The van der Waals surface area contributed by atoms with Crippen LogP contribution in [0.3, 0.4) is 0 Å². The zero-order valence-electron chi connectivity index (χ0n) is 16.6. The van der Waals surface area contributed by atoms with Crippen molar-refractivity contribution in [3.05, 3.63) is 59.9 Å². The number of ether oxygens (including phenoxy) is 1. The Balaban J connectivity index is 1.45. The number of morpholine rings is 1. The van der Waals surface area contributed by atoms with Crippen LogP contribution in [0.4, 0.5) is 15.8 Å². The standard InChI is InChI=1S/C22H26FN3O3/c1-25(22(28)11-6-17-4-2-3-5-20(17)23)16-21(27)24-18-7-9-19(10-8-18)26-12-14-29-15-13-26/h2-5,7-10H,6,11-16H2,1H3,(H,24,27). The number of nitrogens with one attached hydrogen (secondary N) is 1. The number of halogens is 1. The highest BCUT2D eigenvalue weighted by molar-refractivity contribution is 5.94. The predicted octanol–water partition coefficient (Wildman–Crippen LogP) is 2.69. The number of anilines is 2. The van der Waals surface area contributed by atoms with Gasteiger partial charge in [-0.2, -0.15) is 0 Å². The number of hydrogen-bond donors (Lipinski definition) is 1. The molecular formula is C22H26FN3O3. The molecule has 0 spiro atoms. The highest BCUT2D eigenvalue weighted by Gasteiger charge is 2.15. The zero-order chi connectivity index (χ0) is 20.6. The summed E-state index contributed by atoms with van der Waals surface area (Å²) in [5.74, 6) is -0.793. The molecule has 0 bridgehead atoms. The van der Waals surface area contributed by atoms with Gasteiger partial charge < -0.3 is 19.9 Å². The first-order chi connectivity index (χ1) is 14.0. The van der Waals surface area contributed by atoms with Gasteiger partial charge >= 0.3 is 0 Å². The number of likely N-dealkylation sites (N-methyl/N-ethyl adjacent to an activating group) is 1. The molecule has 1 fully saturated rings. The van der Waals surface area contributed by atoms with Crippen LogP contribution in [0.15, 0.2) is 48.5 Å². The molecule has 29 heavy (non-hydrogen) atoms. The Kier molecular flexibility index (Phi) is 7.19. The van der Waals surface area contributed by atoms with E-state index in [1.807, 2.05) is 24.3 Å². The predicted molar refractivity (Wildman–Crippen MR) is 110 cm³/mol. The third-order valence-electron chi connectivity index (χ3n) is 4.90. The number of amides is 2. The smallest absolute Gasteiger partial charge is 0.243 e. The lowest BCUT2D eigenvalue weighted by atomic mass is 10.1. The van der Waals surface area contributed by atoms with Crippen molar-refractivity contribution in [3.63, 3.8) is 0 Å². The minimum atomic E-state index is -0.318. The van der Waals surface area contributed by atoms with Gasteiger partial charge in [-0.05, 0) is 42.3 Å². The maximum Gasteiger partial charge on any atom is 0.243 e. The van der Waals surface area contributed by atoms with E-state index in [4.69, 9.17) is 4.74 Å². The molecule has 1 saturated heterocycles. The number of carbonyl (C=O) groups excluding carboxylic acids is 2. The Morgan fingerprint density at radius 2 is 1.79 bits per heavy atom. The molecule has 7 heteroatoms. The molecule has 0 saturated carbocycles. The summed E-state index contributed by atoms with van der Waals surface area (Å²) in [5.41, 5.74) is 2.27. The van der Waals surface area contributed by atoms with Crippen molar-refractivity contribution in [2.75, 3.05) is 50.1 Å². The maximum atomic E-state index is 13.6. The molecular weight excluding hydrogens is 373 g/mol. The highest BCUT2D eigenvalue weighted by atomic mass is 19.1. The second-order valence-corrected chi connectivity index (χ2v) is 7.04. The van der Waals surface area contributed by atoms with Gasteiger partial charge in [-0.3, -0.25) is 9.59 Å². The fourth-order valence-corrected chi connectivity index (χ4v) is 3.21. The lowest BCUT2D eigenvalue weighted by Crippen LogP contribution is -2.36. The zero-order valence-corrected chi connectivity index (χ0v) is 16.6. The SMILES string of the molecule is CN(CC(=O)Nc1ccc(N2CCOCC2)cc1)C(=O)CCc1ccccc1F. The summed E-state index contributed by atoms with van der Waals surface area (Å²) in [6, 6.07) is 14.0. The average Bonchev–Trinajstić information content (AvgIpc) is 2.74. The van der Waals surface area contributed by atoms with Crippen LogP contribution in [0.25, 0.3) is 0 Å². The van der Waals surface area contributed by atoms with Crippen molar-refractivity contribution in [3.8, 4) is 0 Å². The van der Waals surface area contributed by atoms with Crippen molar-refractivity contribution < 1.29 is 18.7 Å². The normalized spacial score (nSPS) is 13.8. The van der Waals surface area contributed by atoms with E-state index in [9.17, 15) is 14.0 Å². The first-order valence-corrected chi connectivity index (χ1v) is 9.73. The molecule has 2 amide bonds. The Labute approximate surface area is 170 Å². The second kappa shape index (κ2) is 10.0. The topological polar surface area (TPSA) is 61.9 Å². The van der Waals surface area contributed by atoms with E-state index in [1.165, 1.54) is 11.0 Å². The Morgan fingerprint density at radius 3 is 2.48 bits per heavy atom. The number of rotatable bonds is 7. The lowest BCUT2D eigenvalue weighted by Gasteiger charge is -2.28. The van der Waals surface area contributed by atoms with Crippen molar-refractivity contribution in [2.24, 2.45) is 0 Å². The number of aryl methyl sites for hydroxylation is 1. The van der Waals surface area contributed by atoms with Gasteiger partial charge in [0.15, 0.2) is 0 Å². The number of benzene rings is 2. The van der Waals surface area contributed by atoms with Gasteiger partial charge in [-0.15, -0.1) is 0 Å². The monoisotopic (exact) mass is 399 g/mol. The summed E-state index contributed by atoms with van der Waals surface area (Å²) in [4.78, 5) is 28.1. The average molecular weight is 399 g/mol. The Bertz CT molecular complexity index is 835. The van der Waals surface area contributed by atoms with E-state index in [0.717, 1.165) is 32.0 Å². The van der Waals surface area contributed by atoms with Gasteiger partial charge in [-0.1, -0.05) is 18.2 Å². The molecule has 3 rings (SSSR count). The summed E-state index contributed by atoms with van der Waals surface area (Å²) in [5, 5.41) is 2.80. The molecule has 0 radical (unpaired) electrons. The first kappa shape index (κ1) is 20.8. The van der Waals surface area contributed by atoms with Crippen molar-refractivity contribution in [2.45, 2.75) is 12.8 Å². The van der Waals surface area contributed by atoms with Crippen LogP contribution in [0.5, 0.6) is 0 Å². The molecule has 1 aliphatic heterocycles. The van der Waals surface area contributed by atoms with Crippen LogP contribution < -0.4 is 10.2 Å². The molecule has 2 aromatic carbocycles. The van der Waals surface area contributed by atoms with E-state index < -0.39 is 0 Å². The minimum Gasteiger partial charge on any atom is -0.378 e. The third-order valence-corrected chi connectivity index (χ3v) is 4.90. The molecule has 154 valence electrons. The van der Waals surface area contributed by atoms with E-state index in [-0.39, 0.29) is 30.6 Å². The number of carbonyl (C=O) groups is 2. The van der Waals surface area contributed by atoms with Gasteiger partial charge in [0.25, 0.3) is 0 Å². The molecule has 1 aliphatic rings. The fraction of sp³-hybridized carbons (Fsp3) is 0.364. The van der Waals surface area contributed by atoms with Gasteiger partial charge in [0.2, 0.25) is 11.8 Å². The van der Waals surface area contributed by atoms with Crippen LogP contribution >= 0.6 is 0 Å². The van der Waals surface area contributed by atoms with Crippen LogP contribution in [0.1, 0.15) is 12.0 Å². The fourth-order valence-electron chi connectivity index (χ4n) is 3.21. The second-order valence-electron chi connectivity index (χ2n) is 7.04. The summed E-state index contributed by atoms with van der Waals surface area (Å²) in [7, 11) is 1.57. The molecule has 1 heterocycles. The van der Waals surface area contributed by atoms with Crippen molar-refractivity contribution in [1.82, 2.24) is 4.90 Å².